The van der Waals surface area contributed by atoms with Gasteiger partial charge in [-0.3, -0.25) is 0 Å². The predicted molar refractivity (Wildman–Crippen MR) is 153 cm³/mol. The van der Waals surface area contributed by atoms with Crippen molar-refractivity contribution in [2.75, 3.05) is 13.1 Å². The fourth-order valence-electron chi connectivity index (χ4n) is 5.66. The van der Waals surface area contributed by atoms with Crippen molar-refractivity contribution in [3.8, 4) is 32.8 Å². The minimum absolute atomic E-state index is 0.00634. The molecule has 2 heterocycles. The third-order valence-electron chi connectivity index (χ3n) is 7.53. The van der Waals surface area contributed by atoms with Gasteiger partial charge in [0, 0.05) is 31.3 Å². The number of nitrogens with one attached hydrogen (secondary N) is 1. The van der Waals surface area contributed by atoms with Gasteiger partial charge in [-0.15, -0.1) is 11.3 Å². The average molecular weight is 543 g/mol. The molecule has 2 amide bonds. The standard InChI is InChI=1S/C31H34N4O3S/c1-19(2)38-28-10-7-22(16-23(28)17-32)30-33-18-29(39-30)26-6-4-5-25-24(26)8-9-27(25)34-31(37)35-13-11-21(12-14-35)15-20(3)36/h4-7,10,16,18-19,21,27H,8-9,11-15H2,1-3H3,(H,34,37)/t27-/m1/s1. The number of carbonyl (C=O) groups is 2. The van der Waals surface area contributed by atoms with Crippen LogP contribution in [0.4, 0.5) is 4.79 Å². The first-order valence-electron chi connectivity index (χ1n) is 13.7. The minimum atomic E-state index is -0.0159. The SMILES string of the molecule is CC(=O)CC1CCN(C(=O)N[C@@H]2CCc3c(-c4cnc(-c5ccc(OC(C)C)c(C#N)c5)s4)cccc32)CC1. The van der Waals surface area contributed by atoms with Gasteiger partial charge in [0.15, 0.2) is 0 Å². The Hall–Kier alpha value is -3.70. The third-order valence-corrected chi connectivity index (χ3v) is 8.61. The van der Waals surface area contributed by atoms with Crippen LogP contribution in [0.15, 0.2) is 42.6 Å². The Kier molecular flexibility index (Phi) is 7.99. The largest absolute Gasteiger partial charge is 0.490 e. The van der Waals surface area contributed by atoms with Crippen LogP contribution in [0.25, 0.3) is 21.0 Å². The van der Waals surface area contributed by atoms with Gasteiger partial charge in [-0.2, -0.15) is 5.26 Å². The summed E-state index contributed by atoms with van der Waals surface area (Å²) in [7, 11) is 0. The summed E-state index contributed by atoms with van der Waals surface area (Å²) in [5, 5.41) is 13.7. The number of likely N-dealkylation sites (tertiary alicyclic amines) is 1. The van der Waals surface area contributed by atoms with E-state index >= 15 is 0 Å². The van der Waals surface area contributed by atoms with E-state index in [4.69, 9.17) is 4.74 Å². The zero-order chi connectivity index (χ0) is 27.5. The van der Waals surface area contributed by atoms with E-state index in [0.717, 1.165) is 46.7 Å². The van der Waals surface area contributed by atoms with Gasteiger partial charge in [-0.05, 0) is 87.3 Å². The summed E-state index contributed by atoms with van der Waals surface area (Å²) in [4.78, 5) is 32.1. The second-order valence-corrected chi connectivity index (χ2v) is 11.8. The molecule has 1 aliphatic carbocycles. The molecular formula is C31H34N4O3S. The second-order valence-electron chi connectivity index (χ2n) is 10.8. The highest BCUT2D eigenvalue weighted by molar-refractivity contribution is 7.18. The number of aromatic nitrogens is 1. The molecule has 1 N–H and O–H groups in total. The van der Waals surface area contributed by atoms with Crippen LogP contribution in [0, 0.1) is 17.2 Å². The Morgan fingerprint density at radius 2 is 2.00 bits per heavy atom. The van der Waals surface area contributed by atoms with Crippen molar-refractivity contribution in [1.29, 1.82) is 5.26 Å². The lowest BCUT2D eigenvalue weighted by Crippen LogP contribution is -2.45. The van der Waals surface area contributed by atoms with Crippen LogP contribution < -0.4 is 10.1 Å². The Balaban J connectivity index is 1.29. The van der Waals surface area contributed by atoms with Gasteiger partial charge < -0.3 is 19.7 Å². The maximum Gasteiger partial charge on any atom is 0.317 e. The number of fused-ring (bicyclic) bond motifs is 1. The molecule has 1 saturated heterocycles. The van der Waals surface area contributed by atoms with Crippen molar-refractivity contribution in [1.82, 2.24) is 15.2 Å². The minimum Gasteiger partial charge on any atom is -0.490 e. The molecule has 2 aromatic carbocycles. The summed E-state index contributed by atoms with van der Waals surface area (Å²) in [6.45, 7) is 6.92. The first-order chi connectivity index (χ1) is 18.8. The van der Waals surface area contributed by atoms with Crippen LogP contribution in [0.5, 0.6) is 5.75 Å². The summed E-state index contributed by atoms with van der Waals surface area (Å²) in [6, 6.07) is 14.1. The smallest absolute Gasteiger partial charge is 0.317 e. The average Bonchev–Trinajstić information content (AvgIpc) is 3.56. The molecule has 1 atom stereocenters. The molecule has 0 spiro atoms. The molecule has 0 bridgehead atoms. The van der Waals surface area contributed by atoms with Crippen molar-refractivity contribution < 1.29 is 14.3 Å². The van der Waals surface area contributed by atoms with E-state index in [1.54, 1.807) is 18.3 Å². The molecule has 5 rings (SSSR count). The topological polar surface area (TPSA) is 95.3 Å². The van der Waals surface area contributed by atoms with Crippen molar-refractivity contribution in [2.24, 2.45) is 5.92 Å². The van der Waals surface area contributed by atoms with Gasteiger partial charge in [-0.1, -0.05) is 18.2 Å². The maximum atomic E-state index is 13.1. The lowest BCUT2D eigenvalue weighted by molar-refractivity contribution is -0.118. The lowest BCUT2D eigenvalue weighted by atomic mass is 9.92. The number of thiazole rings is 1. The highest BCUT2D eigenvalue weighted by Crippen LogP contribution is 2.41. The Morgan fingerprint density at radius 3 is 2.72 bits per heavy atom. The number of benzene rings is 2. The summed E-state index contributed by atoms with van der Waals surface area (Å²) in [5.41, 5.74) is 4.98. The molecule has 1 fully saturated rings. The van der Waals surface area contributed by atoms with Crippen molar-refractivity contribution in [3.63, 3.8) is 0 Å². The fourth-order valence-corrected chi connectivity index (χ4v) is 6.63. The predicted octanol–water partition coefficient (Wildman–Crippen LogP) is 6.52. The van der Waals surface area contributed by atoms with Crippen LogP contribution in [0.2, 0.25) is 0 Å². The number of amides is 2. The number of nitrogens with zero attached hydrogens (tertiary/aromatic N) is 3. The highest BCUT2D eigenvalue weighted by Gasteiger charge is 2.30. The molecule has 3 aromatic rings. The Bertz CT molecular complexity index is 1420. The van der Waals surface area contributed by atoms with Crippen molar-refractivity contribution in [2.45, 2.75) is 65.0 Å². The Morgan fingerprint density at radius 1 is 1.21 bits per heavy atom. The number of ether oxygens (including phenoxy) is 1. The van der Waals surface area contributed by atoms with Crippen LogP contribution >= 0.6 is 11.3 Å². The van der Waals surface area contributed by atoms with E-state index in [0.29, 0.717) is 36.7 Å². The quantitative estimate of drug-likeness (QED) is 0.367. The number of hydrogen-bond donors (Lipinski definition) is 1. The third kappa shape index (κ3) is 5.99. The van der Waals surface area contributed by atoms with E-state index in [1.807, 2.05) is 43.1 Å². The van der Waals surface area contributed by atoms with Gasteiger partial charge in [0.2, 0.25) is 0 Å². The van der Waals surface area contributed by atoms with E-state index in [2.05, 4.69) is 34.6 Å². The number of Topliss-reactive ketones (excluding diaryl/α,β-unsaturated/α-hetero) is 1. The molecular weight excluding hydrogens is 508 g/mol. The molecule has 1 aliphatic heterocycles. The number of piperidine rings is 1. The first-order valence-corrected chi connectivity index (χ1v) is 14.5. The molecule has 1 aromatic heterocycles. The summed E-state index contributed by atoms with van der Waals surface area (Å²) in [6.07, 6.45) is 6.04. The van der Waals surface area contributed by atoms with Gasteiger partial charge in [-0.25, -0.2) is 9.78 Å². The molecule has 202 valence electrons. The maximum absolute atomic E-state index is 13.1. The molecule has 7 nitrogen and oxygen atoms in total. The van der Waals surface area contributed by atoms with E-state index in [-0.39, 0.29) is 24.0 Å². The highest BCUT2D eigenvalue weighted by atomic mass is 32.1. The van der Waals surface area contributed by atoms with E-state index in [9.17, 15) is 14.9 Å². The molecule has 0 radical (unpaired) electrons. The number of nitriles is 1. The van der Waals surface area contributed by atoms with Crippen LogP contribution in [-0.4, -0.2) is 40.9 Å². The van der Waals surface area contributed by atoms with Gasteiger partial charge in [0.25, 0.3) is 0 Å². The Labute approximate surface area is 233 Å². The van der Waals surface area contributed by atoms with Crippen LogP contribution in [0.3, 0.4) is 0 Å². The monoisotopic (exact) mass is 542 g/mol. The van der Waals surface area contributed by atoms with E-state index in [1.165, 1.54) is 11.1 Å². The number of urea groups is 1. The van der Waals surface area contributed by atoms with Gasteiger partial charge in [0.1, 0.15) is 22.6 Å². The molecule has 0 unspecified atom stereocenters. The molecule has 8 heteroatoms. The summed E-state index contributed by atoms with van der Waals surface area (Å²) >= 11 is 1.61. The van der Waals surface area contributed by atoms with Crippen molar-refractivity contribution >= 4 is 23.2 Å². The lowest BCUT2D eigenvalue weighted by Gasteiger charge is -2.32. The molecule has 39 heavy (non-hydrogen) atoms. The van der Waals surface area contributed by atoms with Gasteiger partial charge in [0.05, 0.1) is 22.6 Å². The van der Waals surface area contributed by atoms with Crippen LogP contribution in [-0.2, 0) is 11.2 Å². The number of carbonyl (C=O) groups excluding carboxylic acids is 2. The molecule has 0 saturated carbocycles. The second kappa shape index (κ2) is 11.6. The van der Waals surface area contributed by atoms with Crippen molar-refractivity contribution in [3.05, 3.63) is 59.3 Å². The normalized spacial score (nSPS) is 17.1. The zero-order valence-electron chi connectivity index (χ0n) is 22.7. The summed E-state index contributed by atoms with van der Waals surface area (Å²) in [5.74, 6) is 1.20. The summed E-state index contributed by atoms with van der Waals surface area (Å²) < 4.78 is 5.76. The zero-order valence-corrected chi connectivity index (χ0v) is 23.5. The fraction of sp³-hybridized carbons (Fsp3) is 0.419. The van der Waals surface area contributed by atoms with E-state index < -0.39 is 0 Å². The van der Waals surface area contributed by atoms with Crippen LogP contribution in [0.1, 0.15) is 69.2 Å². The molecule has 2 aliphatic rings. The number of hydrogen-bond acceptors (Lipinski definition) is 6. The number of rotatable bonds is 7. The first kappa shape index (κ1) is 26.9. The van der Waals surface area contributed by atoms with Gasteiger partial charge >= 0.3 is 6.03 Å². The number of ketones is 1.